The van der Waals surface area contributed by atoms with Crippen LogP contribution in [0, 0.1) is 5.92 Å². The van der Waals surface area contributed by atoms with Crippen LogP contribution in [0.2, 0.25) is 0 Å². The number of alkyl halides is 3. The van der Waals surface area contributed by atoms with Gasteiger partial charge < -0.3 is 15.8 Å². The highest BCUT2D eigenvalue weighted by Crippen LogP contribution is 2.31. The van der Waals surface area contributed by atoms with Gasteiger partial charge in [-0.3, -0.25) is 20.0 Å². The zero-order chi connectivity index (χ0) is 27.1. The number of carbonyl (C=O) groups is 1. The number of halogens is 3. The maximum atomic E-state index is 12.7. The molecule has 1 aliphatic carbocycles. The van der Waals surface area contributed by atoms with Crippen LogP contribution in [0.4, 0.5) is 29.6 Å². The van der Waals surface area contributed by atoms with Crippen LogP contribution in [0.3, 0.4) is 0 Å². The number of hydrogen-bond donors (Lipinski definition) is 4. The van der Waals surface area contributed by atoms with Gasteiger partial charge in [0.1, 0.15) is 0 Å². The van der Waals surface area contributed by atoms with E-state index in [1.165, 1.54) is 37.2 Å². The van der Waals surface area contributed by atoms with E-state index >= 15 is 0 Å². The molecular formula is C26H29F3N6O3. The van der Waals surface area contributed by atoms with Gasteiger partial charge in [0, 0.05) is 19.3 Å². The van der Waals surface area contributed by atoms with Crippen molar-refractivity contribution in [1.82, 2.24) is 14.9 Å². The molecule has 0 aliphatic heterocycles. The number of benzene rings is 2. The number of nitrogens with zero attached hydrogens (tertiary/aromatic N) is 2. The summed E-state index contributed by atoms with van der Waals surface area (Å²) in [5.74, 6) is 0.0250. The standard InChI is InChI=1S/C26H29F3N6O3/c27-26(28,29)38-22-5-2-1-4-21(22)32-25(37)34-24-31-14-20(23(36)33-24)19-10-8-18(9-11-19)16-35(13-3-12-30)15-17-6-7-17/h1-2,4-5,8-11,14,17H,3,6-7,12-13,15-16,30H2,(H3,31,32,33,34,36,37). The molecule has 1 fully saturated rings. The minimum Gasteiger partial charge on any atom is -0.404 e. The molecule has 5 N–H and O–H groups in total. The van der Waals surface area contributed by atoms with Gasteiger partial charge in [0.25, 0.3) is 5.56 Å². The van der Waals surface area contributed by atoms with Gasteiger partial charge in [-0.1, -0.05) is 36.4 Å². The van der Waals surface area contributed by atoms with Crippen molar-refractivity contribution in [3.8, 4) is 16.9 Å². The lowest BCUT2D eigenvalue weighted by molar-refractivity contribution is -0.274. The molecule has 202 valence electrons. The Kier molecular flexibility index (Phi) is 8.64. The Labute approximate surface area is 217 Å². The van der Waals surface area contributed by atoms with E-state index in [1.54, 1.807) is 0 Å². The fraction of sp³-hybridized carbons (Fsp3) is 0.346. The lowest BCUT2D eigenvalue weighted by atomic mass is 10.1. The lowest BCUT2D eigenvalue weighted by Gasteiger charge is -2.22. The number of carbonyl (C=O) groups excluding carboxylic acids is 1. The molecule has 0 atom stereocenters. The third-order valence-corrected chi connectivity index (χ3v) is 5.96. The number of anilines is 2. The van der Waals surface area contributed by atoms with Crippen LogP contribution in [-0.4, -0.2) is 46.9 Å². The largest absolute Gasteiger partial charge is 0.573 e. The van der Waals surface area contributed by atoms with Crippen LogP contribution in [-0.2, 0) is 6.54 Å². The molecule has 3 aromatic rings. The Bertz CT molecular complexity index is 1290. The van der Waals surface area contributed by atoms with Crippen molar-refractivity contribution in [3.05, 3.63) is 70.6 Å². The van der Waals surface area contributed by atoms with Crippen LogP contribution in [0.1, 0.15) is 24.8 Å². The number of H-pyrrole nitrogens is 1. The van der Waals surface area contributed by atoms with Crippen LogP contribution < -0.4 is 26.7 Å². The summed E-state index contributed by atoms with van der Waals surface area (Å²) in [6.07, 6.45) is -0.0985. The highest BCUT2D eigenvalue weighted by atomic mass is 19.4. The van der Waals surface area contributed by atoms with E-state index in [-0.39, 0.29) is 11.6 Å². The van der Waals surface area contributed by atoms with Crippen molar-refractivity contribution in [3.63, 3.8) is 0 Å². The molecule has 12 heteroatoms. The molecule has 2 aromatic carbocycles. The first-order valence-electron chi connectivity index (χ1n) is 12.2. The number of hydrogen-bond acceptors (Lipinski definition) is 6. The van der Waals surface area contributed by atoms with Crippen molar-refractivity contribution in [2.45, 2.75) is 32.2 Å². The second-order valence-electron chi connectivity index (χ2n) is 9.12. The number of nitrogens with one attached hydrogen (secondary N) is 3. The summed E-state index contributed by atoms with van der Waals surface area (Å²) in [4.78, 5) is 33.9. The first kappa shape index (κ1) is 27.1. The van der Waals surface area contributed by atoms with E-state index in [2.05, 4.69) is 30.2 Å². The predicted octanol–water partition coefficient (Wildman–Crippen LogP) is 4.54. The quantitative estimate of drug-likeness (QED) is 0.289. The number of ether oxygens (including phenoxy) is 1. The van der Waals surface area contributed by atoms with Crippen molar-refractivity contribution < 1.29 is 22.7 Å². The van der Waals surface area contributed by atoms with Crippen LogP contribution in [0.5, 0.6) is 5.75 Å². The van der Waals surface area contributed by atoms with Gasteiger partial charge in [-0.15, -0.1) is 13.2 Å². The summed E-state index contributed by atoms with van der Waals surface area (Å²) in [6, 6.07) is 11.8. The van der Waals surface area contributed by atoms with Crippen molar-refractivity contribution in [2.75, 3.05) is 30.3 Å². The monoisotopic (exact) mass is 530 g/mol. The van der Waals surface area contributed by atoms with Gasteiger partial charge in [-0.05, 0) is 61.5 Å². The molecule has 0 bridgehead atoms. The average Bonchev–Trinajstić information content (AvgIpc) is 3.68. The highest BCUT2D eigenvalue weighted by Gasteiger charge is 2.32. The second-order valence-corrected chi connectivity index (χ2v) is 9.12. The maximum Gasteiger partial charge on any atom is 0.573 e. The number of para-hydroxylation sites is 2. The molecular weight excluding hydrogens is 501 g/mol. The molecule has 0 radical (unpaired) electrons. The normalized spacial score (nSPS) is 13.4. The molecule has 1 aliphatic rings. The number of rotatable bonds is 11. The molecule has 0 saturated heterocycles. The predicted molar refractivity (Wildman–Crippen MR) is 138 cm³/mol. The van der Waals surface area contributed by atoms with Gasteiger partial charge in [0.15, 0.2) is 5.75 Å². The number of amides is 2. The zero-order valence-corrected chi connectivity index (χ0v) is 20.6. The van der Waals surface area contributed by atoms with Crippen molar-refractivity contribution in [2.24, 2.45) is 11.7 Å². The molecule has 2 amide bonds. The van der Waals surface area contributed by atoms with Gasteiger partial charge in [-0.25, -0.2) is 9.78 Å². The SMILES string of the molecule is NCCCN(Cc1ccc(-c2cnc(NC(=O)Nc3ccccc3OC(F)(F)F)[nH]c2=O)cc1)CC1CC1. The van der Waals surface area contributed by atoms with Crippen LogP contribution >= 0.6 is 0 Å². The molecule has 4 rings (SSSR count). The Morgan fingerprint density at radius 3 is 2.53 bits per heavy atom. The molecule has 1 saturated carbocycles. The first-order chi connectivity index (χ1) is 18.2. The van der Waals surface area contributed by atoms with Gasteiger partial charge >= 0.3 is 12.4 Å². The van der Waals surface area contributed by atoms with Crippen molar-refractivity contribution >= 4 is 17.7 Å². The second kappa shape index (κ2) is 12.1. The summed E-state index contributed by atoms with van der Waals surface area (Å²) >= 11 is 0. The van der Waals surface area contributed by atoms with Crippen molar-refractivity contribution in [1.29, 1.82) is 0 Å². The van der Waals surface area contributed by atoms with E-state index in [0.29, 0.717) is 17.7 Å². The topological polar surface area (TPSA) is 125 Å². The van der Waals surface area contributed by atoms with E-state index in [0.717, 1.165) is 43.6 Å². The van der Waals surface area contributed by atoms with Crippen LogP contribution in [0.25, 0.3) is 11.1 Å². The van der Waals surface area contributed by atoms with E-state index in [1.807, 2.05) is 24.3 Å². The lowest BCUT2D eigenvalue weighted by Crippen LogP contribution is -2.28. The number of aromatic amines is 1. The molecule has 0 unspecified atom stereocenters. The summed E-state index contributed by atoms with van der Waals surface area (Å²) in [5, 5.41) is 4.55. The van der Waals surface area contributed by atoms with Gasteiger partial charge in [0.2, 0.25) is 5.95 Å². The van der Waals surface area contributed by atoms with E-state index < -0.39 is 23.7 Å². The summed E-state index contributed by atoms with van der Waals surface area (Å²) in [7, 11) is 0. The molecule has 1 heterocycles. The zero-order valence-electron chi connectivity index (χ0n) is 20.6. The number of nitrogens with two attached hydrogens (primary N) is 1. The Hall–Kier alpha value is -3.90. The van der Waals surface area contributed by atoms with Gasteiger partial charge in [-0.2, -0.15) is 0 Å². The molecule has 0 spiro atoms. The summed E-state index contributed by atoms with van der Waals surface area (Å²) < 4.78 is 41.7. The summed E-state index contributed by atoms with van der Waals surface area (Å²) in [5.41, 5.74) is 7.08. The Morgan fingerprint density at radius 2 is 1.87 bits per heavy atom. The van der Waals surface area contributed by atoms with E-state index in [9.17, 15) is 22.8 Å². The van der Waals surface area contributed by atoms with Gasteiger partial charge in [0.05, 0.1) is 11.3 Å². The first-order valence-corrected chi connectivity index (χ1v) is 12.2. The Morgan fingerprint density at radius 1 is 1.13 bits per heavy atom. The summed E-state index contributed by atoms with van der Waals surface area (Å²) in [6.45, 7) is 3.47. The van der Waals surface area contributed by atoms with Crippen LogP contribution in [0.15, 0.2) is 59.5 Å². The third kappa shape index (κ3) is 8.05. The number of aromatic nitrogens is 2. The smallest absolute Gasteiger partial charge is 0.404 e. The highest BCUT2D eigenvalue weighted by molar-refractivity contribution is 5.99. The fourth-order valence-corrected chi connectivity index (χ4v) is 3.97. The molecule has 9 nitrogen and oxygen atoms in total. The molecule has 38 heavy (non-hydrogen) atoms. The minimum atomic E-state index is -4.92. The maximum absolute atomic E-state index is 12.7. The number of urea groups is 1. The molecule has 1 aromatic heterocycles. The minimum absolute atomic E-state index is 0.169. The third-order valence-electron chi connectivity index (χ3n) is 5.96. The van der Waals surface area contributed by atoms with E-state index in [4.69, 9.17) is 5.73 Å². The fourth-order valence-electron chi connectivity index (χ4n) is 3.97. The Balaban J connectivity index is 1.38. The average molecular weight is 531 g/mol.